The van der Waals surface area contributed by atoms with E-state index in [1.807, 2.05) is 17.0 Å². The summed E-state index contributed by atoms with van der Waals surface area (Å²) in [5.41, 5.74) is 3.45. The third kappa shape index (κ3) is 1.50. The third-order valence-electron chi connectivity index (χ3n) is 2.30. The van der Waals surface area contributed by atoms with E-state index in [0.717, 1.165) is 21.1 Å². The van der Waals surface area contributed by atoms with Crippen LogP contribution >= 0.6 is 27.3 Å². The van der Waals surface area contributed by atoms with E-state index < -0.39 is 0 Å². The van der Waals surface area contributed by atoms with Crippen molar-refractivity contribution in [3.05, 3.63) is 26.9 Å². The van der Waals surface area contributed by atoms with Gasteiger partial charge in [0.2, 0.25) is 5.13 Å². The largest absolute Gasteiger partial charge is 0.211 e. The van der Waals surface area contributed by atoms with E-state index >= 15 is 0 Å². The van der Waals surface area contributed by atoms with E-state index in [2.05, 4.69) is 39.9 Å². The Kier molecular flexibility index (Phi) is 2.45. The van der Waals surface area contributed by atoms with Crippen LogP contribution in [0.5, 0.6) is 0 Å². The zero-order valence-electron chi connectivity index (χ0n) is 8.21. The number of hydrogen-bond acceptors (Lipinski definition) is 3. The maximum absolute atomic E-state index is 4.44. The molecule has 2 heterocycles. The normalized spacial score (nSPS) is 10.9. The number of rotatable bonds is 1. The van der Waals surface area contributed by atoms with Crippen LogP contribution in [0.15, 0.2) is 9.98 Å². The third-order valence-corrected chi connectivity index (χ3v) is 3.82. The molecule has 2 aromatic heterocycles. The van der Waals surface area contributed by atoms with Crippen LogP contribution in [0.3, 0.4) is 0 Å². The van der Waals surface area contributed by atoms with Gasteiger partial charge in [0.05, 0.1) is 5.69 Å². The molecule has 0 aliphatic heterocycles. The summed E-state index contributed by atoms with van der Waals surface area (Å²) in [5, 5.41) is 7.30. The maximum Gasteiger partial charge on any atom is 0.211 e. The van der Waals surface area contributed by atoms with Crippen LogP contribution in [0.1, 0.15) is 17.0 Å². The maximum atomic E-state index is 4.44. The molecule has 0 aromatic carbocycles. The summed E-state index contributed by atoms with van der Waals surface area (Å²) >= 11 is 4.92. The van der Waals surface area contributed by atoms with Crippen LogP contribution in [0, 0.1) is 20.8 Å². The van der Waals surface area contributed by atoms with E-state index in [9.17, 15) is 0 Å². The number of halogens is 1. The van der Waals surface area contributed by atoms with E-state index in [0.29, 0.717) is 0 Å². The number of nitrogens with zero attached hydrogens (tertiary/aromatic N) is 3. The van der Waals surface area contributed by atoms with Crippen LogP contribution in [0.2, 0.25) is 0 Å². The molecule has 0 atom stereocenters. The van der Waals surface area contributed by atoms with Gasteiger partial charge in [0.25, 0.3) is 0 Å². The number of aryl methyl sites for hydroxylation is 1. The van der Waals surface area contributed by atoms with Gasteiger partial charge in [-0.3, -0.25) is 0 Å². The summed E-state index contributed by atoms with van der Waals surface area (Å²) in [6.07, 6.45) is 0. The van der Waals surface area contributed by atoms with E-state index in [1.54, 1.807) is 11.3 Å². The molecule has 0 aliphatic rings. The second-order valence-electron chi connectivity index (χ2n) is 3.16. The Morgan fingerprint density at radius 3 is 2.50 bits per heavy atom. The van der Waals surface area contributed by atoms with E-state index in [4.69, 9.17) is 0 Å². The Morgan fingerprint density at radius 2 is 2.07 bits per heavy atom. The molecule has 0 aliphatic carbocycles. The molecule has 0 unspecified atom stereocenters. The fourth-order valence-electron chi connectivity index (χ4n) is 1.25. The van der Waals surface area contributed by atoms with Crippen molar-refractivity contribution in [2.75, 3.05) is 0 Å². The molecule has 0 amide bonds. The Balaban J connectivity index is 2.57. The highest BCUT2D eigenvalue weighted by atomic mass is 79.9. The van der Waals surface area contributed by atoms with Crippen molar-refractivity contribution in [1.82, 2.24) is 14.8 Å². The van der Waals surface area contributed by atoms with Crippen molar-refractivity contribution in [2.24, 2.45) is 0 Å². The summed E-state index contributed by atoms with van der Waals surface area (Å²) in [6, 6.07) is 0. The van der Waals surface area contributed by atoms with Gasteiger partial charge in [-0.05, 0) is 42.3 Å². The number of hydrogen-bond donors (Lipinski definition) is 0. The van der Waals surface area contributed by atoms with Crippen LogP contribution in [0.4, 0.5) is 0 Å². The first kappa shape index (κ1) is 9.86. The van der Waals surface area contributed by atoms with Crippen LogP contribution in [-0.2, 0) is 0 Å². The predicted molar refractivity (Wildman–Crippen MR) is 61.1 cm³/mol. The lowest BCUT2D eigenvalue weighted by Gasteiger charge is -1.97. The molecule has 0 bridgehead atoms. The lowest BCUT2D eigenvalue weighted by molar-refractivity contribution is 0.823. The average Bonchev–Trinajstić information content (AvgIpc) is 2.66. The van der Waals surface area contributed by atoms with Crippen molar-refractivity contribution >= 4 is 27.3 Å². The monoisotopic (exact) mass is 271 g/mol. The lowest BCUT2D eigenvalue weighted by Crippen LogP contribution is -1.98. The minimum Gasteiger partial charge on any atom is -0.211 e. The van der Waals surface area contributed by atoms with Gasteiger partial charge < -0.3 is 0 Å². The average molecular weight is 272 g/mol. The molecule has 2 aromatic rings. The Labute approximate surface area is 94.9 Å². The van der Waals surface area contributed by atoms with Gasteiger partial charge in [-0.25, -0.2) is 9.67 Å². The summed E-state index contributed by atoms with van der Waals surface area (Å²) in [7, 11) is 0. The molecule has 0 saturated heterocycles. The number of aromatic nitrogens is 3. The van der Waals surface area contributed by atoms with Crippen molar-refractivity contribution in [2.45, 2.75) is 20.8 Å². The van der Waals surface area contributed by atoms with Gasteiger partial charge in [0.15, 0.2) is 0 Å². The van der Waals surface area contributed by atoms with Crippen molar-refractivity contribution < 1.29 is 0 Å². The Hall–Kier alpha value is -0.680. The highest BCUT2D eigenvalue weighted by molar-refractivity contribution is 9.10. The van der Waals surface area contributed by atoms with Gasteiger partial charge in [-0.2, -0.15) is 5.10 Å². The molecular formula is C9H10BrN3S. The van der Waals surface area contributed by atoms with Gasteiger partial charge in [0.1, 0.15) is 4.60 Å². The standard InChI is InChI=1S/C9H10BrN3S/c1-5-6(2)12-13(7(5)3)9-11-8(10)4-14-9/h4H,1-3H3. The highest BCUT2D eigenvalue weighted by Gasteiger charge is 2.11. The minimum absolute atomic E-state index is 0.864. The van der Waals surface area contributed by atoms with Gasteiger partial charge in [-0.15, -0.1) is 11.3 Å². The first-order valence-electron chi connectivity index (χ1n) is 4.24. The molecule has 0 radical (unpaired) electrons. The zero-order chi connectivity index (χ0) is 10.3. The highest BCUT2D eigenvalue weighted by Crippen LogP contribution is 2.22. The molecular weight excluding hydrogens is 262 g/mol. The van der Waals surface area contributed by atoms with Crippen molar-refractivity contribution in [3.8, 4) is 5.13 Å². The Bertz CT molecular complexity index is 472. The second kappa shape index (κ2) is 3.47. The topological polar surface area (TPSA) is 30.7 Å². The van der Waals surface area contributed by atoms with Gasteiger partial charge >= 0.3 is 0 Å². The quantitative estimate of drug-likeness (QED) is 0.799. The van der Waals surface area contributed by atoms with Crippen LogP contribution in [-0.4, -0.2) is 14.8 Å². The summed E-state index contributed by atoms with van der Waals surface area (Å²) < 4.78 is 2.75. The van der Waals surface area contributed by atoms with Crippen LogP contribution in [0.25, 0.3) is 5.13 Å². The molecule has 0 spiro atoms. The summed E-state index contributed by atoms with van der Waals surface area (Å²) in [4.78, 5) is 4.33. The molecule has 2 rings (SSSR count). The molecule has 5 heteroatoms. The molecule has 0 N–H and O–H groups in total. The fraction of sp³-hybridized carbons (Fsp3) is 0.333. The number of thiazole rings is 1. The van der Waals surface area contributed by atoms with Crippen molar-refractivity contribution in [1.29, 1.82) is 0 Å². The second-order valence-corrected chi connectivity index (χ2v) is 4.81. The SMILES string of the molecule is Cc1nn(-c2nc(Br)cs2)c(C)c1C. The first-order valence-corrected chi connectivity index (χ1v) is 5.91. The minimum atomic E-state index is 0.864. The van der Waals surface area contributed by atoms with Gasteiger partial charge in [-0.1, -0.05) is 0 Å². The molecule has 0 fully saturated rings. The van der Waals surface area contributed by atoms with E-state index in [-0.39, 0.29) is 0 Å². The van der Waals surface area contributed by atoms with Gasteiger partial charge in [0, 0.05) is 11.1 Å². The molecule has 14 heavy (non-hydrogen) atoms. The molecule has 74 valence electrons. The van der Waals surface area contributed by atoms with Crippen molar-refractivity contribution in [3.63, 3.8) is 0 Å². The summed E-state index contributed by atoms with van der Waals surface area (Å²) in [6.45, 7) is 6.16. The summed E-state index contributed by atoms with van der Waals surface area (Å²) in [5.74, 6) is 0. The fourth-order valence-corrected chi connectivity index (χ4v) is 2.50. The molecule has 3 nitrogen and oxygen atoms in total. The van der Waals surface area contributed by atoms with E-state index in [1.165, 1.54) is 5.56 Å². The van der Waals surface area contributed by atoms with Crippen LogP contribution < -0.4 is 0 Å². The zero-order valence-corrected chi connectivity index (χ0v) is 10.6. The molecule has 0 saturated carbocycles. The first-order chi connectivity index (χ1) is 6.59. The Morgan fingerprint density at radius 1 is 1.36 bits per heavy atom. The smallest absolute Gasteiger partial charge is 0.211 e. The predicted octanol–water partition coefficient (Wildman–Crippen LogP) is 3.02. The lowest BCUT2D eigenvalue weighted by atomic mass is 10.2.